The van der Waals surface area contributed by atoms with Crippen LogP contribution in [0.25, 0.3) is 0 Å². The van der Waals surface area contributed by atoms with Crippen molar-refractivity contribution in [2.75, 3.05) is 38.1 Å². The average molecular weight is 220 g/mol. The van der Waals surface area contributed by atoms with E-state index in [4.69, 9.17) is 5.73 Å². The van der Waals surface area contributed by atoms with Gasteiger partial charge in [0.05, 0.1) is 11.4 Å². The molecule has 1 aromatic heterocycles. The van der Waals surface area contributed by atoms with E-state index in [-0.39, 0.29) is 0 Å². The Balaban J connectivity index is 2.16. The van der Waals surface area contributed by atoms with Gasteiger partial charge in [-0.05, 0) is 32.1 Å². The number of hydrogen-bond acceptors (Lipinski definition) is 4. The molecule has 0 bridgehead atoms. The Hall–Kier alpha value is -1.13. The van der Waals surface area contributed by atoms with E-state index in [1.807, 2.05) is 12.3 Å². The molecule has 0 aliphatic carbocycles. The van der Waals surface area contributed by atoms with Gasteiger partial charge in [-0.3, -0.25) is 4.98 Å². The zero-order chi connectivity index (χ0) is 11.4. The topological polar surface area (TPSA) is 45.4 Å². The highest BCUT2D eigenvalue weighted by Crippen LogP contribution is 2.19. The van der Waals surface area contributed by atoms with Gasteiger partial charge in [-0.15, -0.1) is 0 Å². The Labute approximate surface area is 97.1 Å². The van der Waals surface area contributed by atoms with E-state index < -0.39 is 0 Å². The maximum Gasteiger partial charge on any atom is 0.0772 e. The van der Waals surface area contributed by atoms with E-state index in [2.05, 4.69) is 27.9 Å². The number of nitrogens with zero attached hydrogens (tertiary/aromatic N) is 3. The first-order chi connectivity index (χ1) is 7.81. The monoisotopic (exact) mass is 220 g/mol. The Morgan fingerprint density at radius 3 is 3.00 bits per heavy atom. The fourth-order valence-corrected chi connectivity index (χ4v) is 2.16. The highest BCUT2D eigenvalue weighted by molar-refractivity contribution is 5.50. The second kappa shape index (κ2) is 5.27. The fourth-order valence-electron chi connectivity index (χ4n) is 2.16. The third-order valence-electron chi connectivity index (χ3n) is 3.12. The van der Waals surface area contributed by atoms with Gasteiger partial charge >= 0.3 is 0 Å². The van der Waals surface area contributed by atoms with Crippen molar-refractivity contribution in [2.24, 2.45) is 5.73 Å². The summed E-state index contributed by atoms with van der Waals surface area (Å²) < 4.78 is 0. The second-order valence-electron chi connectivity index (χ2n) is 4.32. The summed E-state index contributed by atoms with van der Waals surface area (Å²) in [6, 6.07) is 4.11. The molecule has 16 heavy (non-hydrogen) atoms. The van der Waals surface area contributed by atoms with Crippen LogP contribution in [0, 0.1) is 0 Å². The maximum atomic E-state index is 5.72. The Morgan fingerprint density at radius 1 is 1.31 bits per heavy atom. The number of aromatic nitrogens is 1. The summed E-state index contributed by atoms with van der Waals surface area (Å²) in [5, 5.41) is 0. The second-order valence-corrected chi connectivity index (χ2v) is 4.32. The normalized spacial score (nSPS) is 18.5. The van der Waals surface area contributed by atoms with E-state index in [1.54, 1.807) is 0 Å². The van der Waals surface area contributed by atoms with Gasteiger partial charge < -0.3 is 15.5 Å². The van der Waals surface area contributed by atoms with Gasteiger partial charge in [0, 0.05) is 32.4 Å². The lowest BCUT2D eigenvalue weighted by Gasteiger charge is -2.24. The Kier molecular flexibility index (Phi) is 3.74. The van der Waals surface area contributed by atoms with Gasteiger partial charge in [0.2, 0.25) is 0 Å². The number of hydrogen-bond donors (Lipinski definition) is 1. The number of rotatable bonds is 2. The van der Waals surface area contributed by atoms with E-state index >= 15 is 0 Å². The lowest BCUT2D eigenvalue weighted by molar-refractivity contribution is 0.360. The van der Waals surface area contributed by atoms with Crippen molar-refractivity contribution >= 4 is 5.69 Å². The molecule has 1 saturated heterocycles. The van der Waals surface area contributed by atoms with Crippen LogP contribution >= 0.6 is 0 Å². The van der Waals surface area contributed by atoms with Crippen molar-refractivity contribution in [3.63, 3.8) is 0 Å². The van der Waals surface area contributed by atoms with Crippen molar-refractivity contribution in [3.8, 4) is 0 Å². The van der Waals surface area contributed by atoms with Crippen molar-refractivity contribution < 1.29 is 0 Å². The molecule has 88 valence electrons. The minimum Gasteiger partial charge on any atom is -0.369 e. The van der Waals surface area contributed by atoms with E-state index in [0.29, 0.717) is 6.54 Å². The van der Waals surface area contributed by atoms with Crippen LogP contribution in [0.2, 0.25) is 0 Å². The van der Waals surface area contributed by atoms with E-state index in [1.165, 1.54) is 18.7 Å². The molecule has 4 nitrogen and oxygen atoms in total. The van der Waals surface area contributed by atoms with Gasteiger partial charge in [-0.25, -0.2) is 0 Å². The molecule has 2 N–H and O–H groups in total. The summed E-state index contributed by atoms with van der Waals surface area (Å²) in [6.07, 6.45) is 3.02. The third-order valence-corrected chi connectivity index (χ3v) is 3.12. The van der Waals surface area contributed by atoms with Crippen LogP contribution in [0.4, 0.5) is 5.69 Å². The van der Waals surface area contributed by atoms with Gasteiger partial charge in [-0.1, -0.05) is 0 Å². The summed E-state index contributed by atoms with van der Waals surface area (Å²) >= 11 is 0. The molecule has 1 fully saturated rings. The zero-order valence-corrected chi connectivity index (χ0v) is 9.89. The quantitative estimate of drug-likeness (QED) is 0.796. The highest BCUT2D eigenvalue weighted by Gasteiger charge is 2.14. The zero-order valence-electron chi connectivity index (χ0n) is 9.89. The van der Waals surface area contributed by atoms with Crippen molar-refractivity contribution in [1.82, 2.24) is 9.88 Å². The molecule has 0 spiro atoms. The predicted molar refractivity (Wildman–Crippen MR) is 66.5 cm³/mol. The number of nitrogens with two attached hydrogens (primary N) is 1. The summed E-state index contributed by atoms with van der Waals surface area (Å²) in [7, 11) is 2.18. The van der Waals surface area contributed by atoms with Crippen LogP contribution in [0.15, 0.2) is 18.3 Å². The summed E-state index contributed by atoms with van der Waals surface area (Å²) in [5.41, 5.74) is 7.94. The smallest absolute Gasteiger partial charge is 0.0772 e. The molecule has 2 rings (SSSR count). The van der Waals surface area contributed by atoms with Crippen LogP contribution in [0.3, 0.4) is 0 Å². The molecule has 1 aliphatic rings. The highest BCUT2D eigenvalue weighted by atomic mass is 15.2. The number of anilines is 1. The molecule has 0 unspecified atom stereocenters. The van der Waals surface area contributed by atoms with E-state index in [9.17, 15) is 0 Å². The Morgan fingerprint density at radius 2 is 2.19 bits per heavy atom. The minimum atomic E-state index is 0.516. The third kappa shape index (κ3) is 2.51. The first kappa shape index (κ1) is 11.4. The fraction of sp³-hybridized carbons (Fsp3) is 0.583. The maximum absolute atomic E-state index is 5.72. The molecule has 1 aromatic rings. The predicted octanol–water partition coefficient (Wildman–Crippen LogP) is 0.682. The van der Waals surface area contributed by atoms with Crippen molar-refractivity contribution in [1.29, 1.82) is 0 Å². The summed E-state index contributed by atoms with van der Waals surface area (Å²) in [5.74, 6) is 0. The van der Waals surface area contributed by atoms with Crippen LogP contribution < -0.4 is 10.6 Å². The van der Waals surface area contributed by atoms with Gasteiger partial charge in [0.15, 0.2) is 0 Å². The van der Waals surface area contributed by atoms with Gasteiger partial charge in [0.25, 0.3) is 0 Å². The molecule has 0 aromatic carbocycles. The largest absolute Gasteiger partial charge is 0.369 e. The van der Waals surface area contributed by atoms with Crippen LogP contribution in [0.5, 0.6) is 0 Å². The van der Waals surface area contributed by atoms with Crippen molar-refractivity contribution in [3.05, 3.63) is 24.0 Å². The molecule has 4 heteroatoms. The lowest BCUT2D eigenvalue weighted by Crippen LogP contribution is -2.30. The Bertz CT molecular complexity index is 340. The van der Waals surface area contributed by atoms with Crippen LogP contribution in [-0.2, 0) is 6.54 Å². The molecule has 0 atom stereocenters. The van der Waals surface area contributed by atoms with Crippen molar-refractivity contribution in [2.45, 2.75) is 13.0 Å². The first-order valence-corrected chi connectivity index (χ1v) is 5.88. The van der Waals surface area contributed by atoms with Crippen LogP contribution in [-0.4, -0.2) is 43.1 Å². The standard InChI is InChI=1S/C12H20N4/c1-15-6-3-7-16(9-8-15)12-4-2-5-14-11(12)10-13/h2,4-5H,3,6-10,13H2,1H3. The number of pyridine rings is 1. The van der Waals surface area contributed by atoms with E-state index in [0.717, 1.165) is 25.3 Å². The van der Waals surface area contributed by atoms with Gasteiger partial charge in [-0.2, -0.15) is 0 Å². The first-order valence-electron chi connectivity index (χ1n) is 5.88. The molecule has 0 amide bonds. The molecule has 2 heterocycles. The SMILES string of the molecule is CN1CCCN(c2cccnc2CN)CC1. The molecule has 1 aliphatic heterocycles. The van der Waals surface area contributed by atoms with Crippen LogP contribution in [0.1, 0.15) is 12.1 Å². The molecular formula is C12H20N4. The number of likely N-dealkylation sites (N-methyl/N-ethyl adjacent to an activating group) is 1. The summed E-state index contributed by atoms with van der Waals surface area (Å²) in [6.45, 7) is 4.97. The molecule has 0 saturated carbocycles. The molecule has 0 radical (unpaired) electrons. The lowest BCUT2D eigenvalue weighted by atomic mass is 10.2. The average Bonchev–Trinajstić information content (AvgIpc) is 2.54. The molecular weight excluding hydrogens is 200 g/mol. The minimum absolute atomic E-state index is 0.516. The summed E-state index contributed by atoms with van der Waals surface area (Å²) in [4.78, 5) is 9.12. The van der Waals surface area contributed by atoms with Gasteiger partial charge in [0.1, 0.15) is 0 Å².